The van der Waals surface area contributed by atoms with Gasteiger partial charge in [0.15, 0.2) is 0 Å². The highest BCUT2D eigenvalue weighted by atomic mass is 127. The van der Waals surface area contributed by atoms with E-state index in [-0.39, 0.29) is 22.3 Å². The summed E-state index contributed by atoms with van der Waals surface area (Å²) < 4.78 is 42.8. The average Bonchev–Trinajstić information content (AvgIpc) is 2.23. The molecule has 0 amide bonds. The zero-order valence-corrected chi connectivity index (χ0v) is 11.0. The number of hydrogen-bond acceptors (Lipinski definition) is 3. The van der Waals surface area contributed by atoms with Crippen LogP contribution in [0.15, 0.2) is 6.07 Å². The third-order valence-corrected chi connectivity index (χ3v) is 2.78. The maximum atomic E-state index is 13.5. The molecule has 94 valence electrons. The lowest BCUT2D eigenvalue weighted by atomic mass is 10.2. The summed E-state index contributed by atoms with van der Waals surface area (Å²) in [7, 11) is 0. The molecule has 1 rings (SSSR count). The number of esters is 1. The average molecular weight is 359 g/mol. The first-order valence-corrected chi connectivity index (χ1v) is 5.82. The van der Waals surface area contributed by atoms with Gasteiger partial charge in [-0.2, -0.15) is 0 Å². The lowest BCUT2D eigenvalue weighted by Crippen LogP contribution is -2.12. The molecule has 0 aliphatic rings. The minimum atomic E-state index is -2.84. The predicted octanol–water partition coefficient (Wildman–Crippen LogP) is 2.87. The Kier molecular flexibility index (Phi) is 5.16. The molecule has 0 bridgehead atoms. The third kappa shape index (κ3) is 3.83. The number of aromatic nitrogens is 1. The lowest BCUT2D eigenvalue weighted by molar-refractivity contribution is -0.142. The van der Waals surface area contributed by atoms with Gasteiger partial charge in [0.1, 0.15) is 15.2 Å². The summed E-state index contributed by atoms with van der Waals surface area (Å²) in [5, 5.41) is 0. The van der Waals surface area contributed by atoms with E-state index in [1.807, 2.05) is 0 Å². The number of alkyl halides is 2. The summed E-state index contributed by atoms with van der Waals surface area (Å²) in [5.41, 5.74) is -0.659. The molecule has 1 heterocycles. The monoisotopic (exact) mass is 359 g/mol. The summed E-state index contributed by atoms with van der Waals surface area (Å²) >= 11 is 1.61. The third-order valence-electron chi connectivity index (χ3n) is 1.89. The van der Waals surface area contributed by atoms with Crippen molar-refractivity contribution in [2.45, 2.75) is 19.8 Å². The first-order valence-electron chi connectivity index (χ1n) is 4.74. The van der Waals surface area contributed by atoms with E-state index in [1.54, 1.807) is 29.5 Å². The highest BCUT2D eigenvalue weighted by molar-refractivity contribution is 14.1. The van der Waals surface area contributed by atoms with Crippen LogP contribution in [0.5, 0.6) is 0 Å². The highest BCUT2D eigenvalue weighted by Crippen LogP contribution is 2.22. The molecule has 0 aromatic carbocycles. The lowest BCUT2D eigenvalue weighted by Gasteiger charge is -2.07. The van der Waals surface area contributed by atoms with Crippen LogP contribution >= 0.6 is 22.6 Å². The van der Waals surface area contributed by atoms with Gasteiger partial charge < -0.3 is 4.74 Å². The Hall–Kier alpha value is -0.860. The van der Waals surface area contributed by atoms with E-state index in [0.29, 0.717) is 6.07 Å². The maximum absolute atomic E-state index is 13.5. The molecule has 0 saturated carbocycles. The van der Waals surface area contributed by atoms with Crippen molar-refractivity contribution < 1.29 is 22.7 Å². The van der Waals surface area contributed by atoms with Crippen molar-refractivity contribution in [3.63, 3.8) is 0 Å². The number of hydrogen-bond donors (Lipinski definition) is 0. The fraction of sp³-hybridized carbons (Fsp3) is 0.400. The van der Waals surface area contributed by atoms with Gasteiger partial charge in [0.05, 0.1) is 13.0 Å². The normalized spacial score (nSPS) is 10.7. The molecular weight excluding hydrogens is 350 g/mol. The van der Waals surface area contributed by atoms with E-state index in [9.17, 15) is 18.0 Å². The second kappa shape index (κ2) is 6.18. The number of halogens is 4. The molecule has 17 heavy (non-hydrogen) atoms. The van der Waals surface area contributed by atoms with Gasteiger partial charge in [-0.05, 0) is 29.5 Å². The molecule has 1 aromatic rings. The van der Waals surface area contributed by atoms with Gasteiger partial charge in [-0.3, -0.25) is 4.79 Å². The van der Waals surface area contributed by atoms with Gasteiger partial charge in [0, 0.05) is 11.6 Å². The van der Waals surface area contributed by atoms with Gasteiger partial charge in [0.25, 0.3) is 6.43 Å². The minimum Gasteiger partial charge on any atom is -0.466 e. The summed E-state index contributed by atoms with van der Waals surface area (Å²) in [5.74, 6) is -1.48. The van der Waals surface area contributed by atoms with Crippen LogP contribution in [0.1, 0.15) is 24.6 Å². The molecule has 0 N–H and O–H groups in total. The van der Waals surface area contributed by atoms with Crippen LogP contribution in [0.2, 0.25) is 0 Å². The van der Waals surface area contributed by atoms with Crippen LogP contribution in [0, 0.1) is 9.52 Å². The van der Waals surface area contributed by atoms with E-state index in [4.69, 9.17) is 0 Å². The number of carbonyl (C=O) groups is 1. The minimum absolute atomic E-state index is 0.0200. The number of ether oxygens (including phenoxy) is 1. The molecule has 0 atom stereocenters. The van der Waals surface area contributed by atoms with Gasteiger partial charge >= 0.3 is 5.97 Å². The predicted molar refractivity (Wildman–Crippen MR) is 62.2 cm³/mol. The topological polar surface area (TPSA) is 39.2 Å². The summed E-state index contributed by atoms with van der Waals surface area (Å²) in [6.07, 6.45) is -3.15. The van der Waals surface area contributed by atoms with Crippen molar-refractivity contribution in [3.05, 3.63) is 26.8 Å². The number of nitrogens with zero attached hydrogens (tertiary/aromatic N) is 1. The molecule has 0 aliphatic heterocycles. The second-order valence-corrected chi connectivity index (χ2v) is 4.10. The summed E-state index contributed by atoms with van der Waals surface area (Å²) in [6.45, 7) is 1.80. The van der Waals surface area contributed by atoms with E-state index >= 15 is 0 Å². The Morgan fingerprint density at radius 3 is 2.71 bits per heavy atom. The Bertz CT molecular complexity index is 403. The van der Waals surface area contributed by atoms with E-state index in [2.05, 4.69) is 9.72 Å². The zero-order valence-electron chi connectivity index (χ0n) is 8.84. The molecule has 0 fully saturated rings. The summed E-state index contributed by atoms with van der Waals surface area (Å²) in [4.78, 5) is 14.7. The van der Waals surface area contributed by atoms with Gasteiger partial charge in [-0.25, -0.2) is 18.2 Å². The first kappa shape index (κ1) is 14.2. The van der Waals surface area contributed by atoms with Crippen LogP contribution in [0.4, 0.5) is 13.2 Å². The maximum Gasteiger partial charge on any atom is 0.310 e. The van der Waals surface area contributed by atoms with Gasteiger partial charge in [-0.15, -0.1) is 0 Å². The van der Waals surface area contributed by atoms with Crippen LogP contribution in [0.3, 0.4) is 0 Å². The number of rotatable bonds is 4. The standard InChI is InChI=1S/C10H9F3INO2/c1-2-17-8(16)3-5-6(11)4-7(9(12)13)15-10(5)14/h4,9H,2-3H2,1H3. The highest BCUT2D eigenvalue weighted by Gasteiger charge is 2.18. The van der Waals surface area contributed by atoms with E-state index in [0.717, 1.165) is 0 Å². The largest absolute Gasteiger partial charge is 0.466 e. The molecule has 3 nitrogen and oxygen atoms in total. The Morgan fingerprint density at radius 1 is 1.59 bits per heavy atom. The molecule has 7 heteroatoms. The molecule has 0 radical (unpaired) electrons. The zero-order chi connectivity index (χ0) is 13.0. The van der Waals surface area contributed by atoms with Crippen molar-refractivity contribution in [2.75, 3.05) is 6.61 Å². The van der Waals surface area contributed by atoms with E-state index < -0.39 is 23.9 Å². The molecule has 0 saturated heterocycles. The SMILES string of the molecule is CCOC(=O)Cc1c(F)cc(C(F)F)nc1I. The van der Waals surface area contributed by atoms with Gasteiger partial charge in [0.2, 0.25) is 0 Å². The molecule has 0 spiro atoms. The smallest absolute Gasteiger partial charge is 0.310 e. The molecular formula is C10H9F3INO2. The van der Waals surface area contributed by atoms with Gasteiger partial charge in [-0.1, -0.05) is 0 Å². The number of carbonyl (C=O) groups excluding carboxylic acids is 1. The van der Waals surface area contributed by atoms with Crippen LogP contribution in [-0.2, 0) is 16.0 Å². The first-order chi connectivity index (χ1) is 7.95. The van der Waals surface area contributed by atoms with Crippen molar-refractivity contribution in [3.8, 4) is 0 Å². The van der Waals surface area contributed by atoms with Crippen molar-refractivity contribution >= 4 is 28.6 Å². The second-order valence-electron chi connectivity index (χ2n) is 3.08. The quantitative estimate of drug-likeness (QED) is 0.472. The van der Waals surface area contributed by atoms with Crippen LogP contribution in [-0.4, -0.2) is 17.6 Å². The molecule has 0 aliphatic carbocycles. The molecule has 0 unspecified atom stereocenters. The Balaban J connectivity index is 2.97. The summed E-state index contributed by atoms with van der Waals surface area (Å²) in [6, 6.07) is 0.640. The van der Waals surface area contributed by atoms with Crippen molar-refractivity contribution in [1.29, 1.82) is 0 Å². The fourth-order valence-corrected chi connectivity index (χ4v) is 1.88. The van der Waals surface area contributed by atoms with Crippen LogP contribution in [0.25, 0.3) is 0 Å². The van der Waals surface area contributed by atoms with E-state index in [1.165, 1.54) is 0 Å². The number of pyridine rings is 1. The Labute approximate surface area is 110 Å². The van der Waals surface area contributed by atoms with Crippen molar-refractivity contribution in [1.82, 2.24) is 4.98 Å². The molecule has 1 aromatic heterocycles. The Morgan fingerprint density at radius 2 is 2.24 bits per heavy atom. The van der Waals surface area contributed by atoms with Crippen molar-refractivity contribution in [2.24, 2.45) is 0 Å². The fourth-order valence-electron chi connectivity index (χ4n) is 1.15. The van der Waals surface area contributed by atoms with Crippen LogP contribution < -0.4 is 0 Å².